The Bertz CT molecular complexity index is 260. The van der Waals surface area contributed by atoms with Crippen molar-refractivity contribution < 1.29 is 10.2 Å². The molecule has 0 bridgehead atoms. The van der Waals surface area contributed by atoms with Gasteiger partial charge in [-0.05, 0) is 54.8 Å². The predicted molar refractivity (Wildman–Crippen MR) is 88.1 cm³/mol. The van der Waals surface area contributed by atoms with Gasteiger partial charge in [0, 0.05) is 13.2 Å². The Labute approximate surface area is 131 Å². The first-order chi connectivity index (χ1) is 10.2. The lowest BCUT2D eigenvalue weighted by Crippen LogP contribution is -2.51. The van der Waals surface area contributed by atoms with Gasteiger partial charge in [-0.3, -0.25) is 0 Å². The highest BCUT2D eigenvalue weighted by Crippen LogP contribution is 2.57. The van der Waals surface area contributed by atoms with E-state index in [2.05, 4.69) is 13.8 Å². The van der Waals surface area contributed by atoms with E-state index < -0.39 is 0 Å². The summed E-state index contributed by atoms with van der Waals surface area (Å²) in [7, 11) is 0. The number of hydrogen-bond acceptors (Lipinski definition) is 2. The second-order valence-corrected chi connectivity index (χ2v) is 7.84. The summed E-state index contributed by atoms with van der Waals surface area (Å²) in [6, 6.07) is 0. The molecule has 0 aromatic carbocycles. The molecular weight excluding hydrogens is 260 g/mol. The smallest absolute Gasteiger partial charge is 0.0462 e. The Balaban J connectivity index is 2.35. The number of aliphatic hydroxyl groups excluding tert-OH is 2. The Morgan fingerprint density at radius 2 is 1.05 bits per heavy atom. The van der Waals surface area contributed by atoms with E-state index in [4.69, 9.17) is 0 Å². The normalized spacial score (nSPS) is 25.7. The molecule has 2 heteroatoms. The van der Waals surface area contributed by atoms with Crippen molar-refractivity contribution in [2.45, 2.75) is 78.1 Å². The number of hydrogen-bond donors (Lipinski definition) is 2. The zero-order chi connectivity index (χ0) is 15.3. The van der Waals surface area contributed by atoms with Crippen molar-refractivity contribution in [1.82, 2.24) is 0 Å². The highest BCUT2D eigenvalue weighted by molar-refractivity contribution is 5.00. The van der Waals surface area contributed by atoms with Crippen LogP contribution in [0.15, 0.2) is 0 Å². The predicted octanol–water partition coefficient (Wildman–Crippen LogP) is 4.39. The molecule has 0 aliphatic heterocycles. The maximum absolute atomic E-state index is 9.99. The first-order valence-corrected chi connectivity index (χ1v) is 9.39. The van der Waals surface area contributed by atoms with Gasteiger partial charge in [0.25, 0.3) is 0 Å². The van der Waals surface area contributed by atoms with E-state index in [0.29, 0.717) is 23.7 Å². The third kappa shape index (κ3) is 3.32. The molecule has 124 valence electrons. The van der Waals surface area contributed by atoms with Gasteiger partial charge in [0.2, 0.25) is 0 Å². The lowest BCUT2D eigenvalue weighted by atomic mass is 9.49. The summed E-state index contributed by atoms with van der Waals surface area (Å²) in [5.74, 6) is 2.04. The molecule has 0 aromatic heterocycles. The summed E-state index contributed by atoms with van der Waals surface area (Å²) in [5, 5.41) is 20.0. The van der Waals surface area contributed by atoms with Gasteiger partial charge < -0.3 is 10.2 Å². The van der Waals surface area contributed by atoms with Crippen LogP contribution in [0.25, 0.3) is 0 Å². The van der Waals surface area contributed by atoms with E-state index >= 15 is 0 Å². The fourth-order valence-electron chi connectivity index (χ4n) is 5.95. The summed E-state index contributed by atoms with van der Waals surface area (Å²) >= 11 is 0. The fourth-order valence-corrected chi connectivity index (χ4v) is 5.95. The minimum atomic E-state index is 0.157. The molecule has 2 atom stereocenters. The minimum Gasteiger partial charge on any atom is -0.396 e. The molecule has 2 fully saturated rings. The van der Waals surface area contributed by atoms with E-state index in [1.165, 1.54) is 64.2 Å². The summed E-state index contributed by atoms with van der Waals surface area (Å²) in [5.41, 5.74) is 0.157. The maximum atomic E-state index is 9.99. The van der Waals surface area contributed by atoms with Crippen LogP contribution < -0.4 is 0 Å². The molecule has 21 heavy (non-hydrogen) atoms. The van der Waals surface area contributed by atoms with Crippen molar-refractivity contribution in [2.75, 3.05) is 13.2 Å². The van der Waals surface area contributed by atoms with E-state index in [0.717, 1.165) is 0 Å². The molecule has 2 unspecified atom stereocenters. The Morgan fingerprint density at radius 1 is 0.714 bits per heavy atom. The first kappa shape index (κ1) is 17.3. The lowest BCUT2D eigenvalue weighted by Gasteiger charge is -2.56. The molecule has 0 amide bonds. The minimum absolute atomic E-state index is 0.157. The molecule has 2 aliphatic carbocycles. The van der Waals surface area contributed by atoms with Crippen LogP contribution in [-0.2, 0) is 0 Å². The van der Waals surface area contributed by atoms with Gasteiger partial charge in [-0.25, -0.2) is 0 Å². The van der Waals surface area contributed by atoms with Crippen molar-refractivity contribution in [3.05, 3.63) is 0 Å². The summed E-state index contributed by atoms with van der Waals surface area (Å²) in [6.45, 7) is 5.04. The fraction of sp³-hybridized carbons (Fsp3) is 1.00. The SMILES string of the molecule is CC(CO)C(C(C)CO)(C1CCCCC1)C1CCCCC1. The molecule has 0 spiro atoms. The van der Waals surface area contributed by atoms with Gasteiger partial charge in [-0.2, -0.15) is 0 Å². The molecular formula is C19H36O2. The van der Waals surface area contributed by atoms with Crippen molar-refractivity contribution >= 4 is 0 Å². The summed E-state index contributed by atoms with van der Waals surface area (Å²) in [6.07, 6.45) is 13.4. The summed E-state index contributed by atoms with van der Waals surface area (Å²) < 4.78 is 0. The van der Waals surface area contributed by atoms with Gasteiger partial charge in [0.1, 0.15) is 0 Å². The van der Waals surface area contributed by atoms with Crippen LogP contribution in [-0.4, -0.2) is 23.4 Å². The van der Waals surface area contributed by atoms with Gasteiger partial charge in [0.15, 0.2) is 0 Å². The molecule has 2 saturated carbocycles. The maximum Gasteiger partial charge on any atom is 0.0462 e. The molecule has 2 rings (SSSR count). The van der Waals surface area contributed by atoms with Gasteiger partial charge in [-0.1, -0.05) is 52.4 Å². The van der Waals surface area contributed by atoms with Gasteiger partial charge >= 0.3 is 0 Å². The summed E-state index contributed by atoms with van der Waals surface area (Å²) in [4.78, 5) is 0. The quantitative estimate of drug-likeness (QED) is 0.763. The van der Waals surface area contributed by atoms with Crippen molar-refractivity contribution in [3.8, 4) is 0 Å². The molecule has 2 aliphatic rings. The lowest BCUT2D eigenvalue weighted by molar-refractivity contribution is -0.101. The molecule has 2 N–H and O–H groups in total. The van der Waals surface area contributed by atoms with Crippen LogP contribution >= 0.6 is 0 Å². The third-order valence-electron chi connectivity index (χ3n) is 6.88. The first-order valence-electron chi connectivity index (χ1n) is 9.39. The molecule has 0 radical (unpaired) electrons. The van der Waals surface area contributed by atoms with E-state index in [-0.39, 0.29) is 18.6 Å². The second-order valence-electron chi connectivity index (χ2n) is 7.84. The Morgan fingerprint density at radius 3 is 1.33 bits per heavy atom. The van der Waals surface area contributed by atoms with Crippen LogP contribution in [0.5, 0.6) is 0 Å². The van der Waals surface area contributed by atoms with Crippen molar-refractivity contribution in [2.24, 2.45) is 29.1 Å². The Kier molecular flexibility index (Phi) is 6.55. The molecule has 0 aromatic rings. The second kappa shape index (κ2) is 7.97. The average molecular weight is 296 g/mol. The van der Waals surface area contributed by atoms with Crippen LogP contribution in [0.2, 0.25) is 0 Å². The number of rotatable bonds is 6. The molecule has 2 nitrogen and oxygen atoms in total. The monoisotopic (exact) mass is 296 g/mol. The topological polar surface area (TPSA) is 40.5 Å². The van der Waals surface area contributed by atoms with Crippen molar-refractivity contribution in [3.63, 3.8) is 0 Å². The van der Waals surface area contributed by atoms with Gasteiger partial charge in [-0.15, -0.1) is 0 Å². The van der Waals surface area contributed by atoms with E-state index in [1.807, 2.05) is 0 Å². The van der Waals surface area contributed by atoms with Crippen LogP contribution in [0.3, 0.4) is 0 Å². The van der Waals surface area contributed by atoms with Gasteiger partial charge in [0.05, 0.1) is 0 Å². The largest absolute Gasteiger partial charge is 0.396 e. The zero-order valence-corrected chi connectivity index (χ0v) is 14.2. The standard InChI is InChI=1S/C19H36O2/c1-15(13-20)19(16(2)14-21,17-9-5-3-6-10-17)18-11-7-4-8-12-18/h15-18,20-21H,3-14H2,1-2H3. The highest BCUT2D eigenvalue weighted by Gasteiger charge is 2.51. The van der Waals surface area contributed by atoms with Crippen molar-refractivity contribution in [1.29, 1.82) is 0 Å². The number of aliphatic hydroxyl groups is 2. The molecule has 0 heterocycles. The third-order valence-corrected chi connectivity index (χ3v) is 6.88. The highest BCUT2D eigenvalue weighted by atomic mass is 16.3. The Hall–Kier alpha value is -0.0800. The van der Waals surface area contributed by atoms with Crippen LogP contribution in [0.1, 0.15) is 78.1 Å². The van der Waals surface area contributed by atoms with Crippen LogP contribution in [0, 0.1) is 29.1 Å². The van der Waals surface area contributed by atoms with E-state index in [1.54, 1.807) is 0 Å². The van der Waals surface area contributed by atoms with E-state index in [9.17, 15) is 10.2 Å². The average Bonchev–Trinajstić information content (AvgIpc) is 2.57. The van der Waals surface area contributed by atoms with Crippen LogP contribution in [0.4, 0.5) is 0 Å². The molecule has 0 saturated heterocycles. The zero-order valence-electron chi connectivity index (χ0n) is 14.2.